The molecule has 4 heteroatoms. The molecule has 1 N–H and O–H groups in total. The van der Waals surface area contributed by atoms with Gasteiger partial charge >= 0.3 is 0 Å². The van der Waals surface area contributed by atoms with E-state index in [1.54, 1.807) is 6.07 Å². The fraction of sp³-hybridized carbons (Fsp3) is 0.600. The van der Waals surface area contributed by atoms with E-state index in [4.69, 9.17) is 4.74 Å². The Labute approximate surface area is 114 Å². The molecular formula is C15H23FN2O. The quantitative estimate of drug-likeness (QED) is 0.856. The maximum Gasteiger partial charge on any atom is 0.123 e. The molecule has 1 saturated heterocycles. The normalized spacial score (nSPS) is 18.8. The molecule has 0 radical (unpaired) electrons. The Morgan fingerprint density at radius 3 is 2.95 bits per heavy atom. The van der Waals surface area contributed by atoms with Crippen LogP contribution in [0.15, 0.2) is 18.2 Å². The lowest BCUT2D eigenvalue weighted by Crippen LogP contribution is -2.33. The van der Waals surface area contributed by atoms with Crippen molar-refractivity contribution >= 4 is 5.69 Å². The highest BCUT2D eigenvalue weighted by Gasteiger charge is 2.20. The van der Waals surface area contributed by atoms with Gasteiger partial charge in [0.15, 0.2) is 0 Å². The molecule has 1 aliphatic rings. The second kappa shape index (κ2) is 6.87. The van der Waals surface area contributed by atoms with Gasteiger partial charge in [0.1, 0.15) is 5.82 Å². The Morgan fingerprint density at radius 1 is 1.47 bits per heavy atom. The molecule has 1 fully saturated rings. The summed E-state index contributed by atoms with van der Waals surface area (Å²) in [6.07, 6.45) is 2.58. The predicted molar refractivity (Wildman–Crippen MR) is 76.0 cm³/mol. The van der Waals surface area contributed by atoms with Gasteiger partial charge in [-0.05, 0) is 50.6 Å². The first-order chi connectivity index (χ1) is 9.24. The molecule has 0 bridgehead atoms. The van der Waals surface area contributed by atoms with Crippen LogP contribution in [-0.4, -0.2) is 32.8 Å². The maximum absolute atomic E-state index is 13.4. The third-order valence-corrected chi connectivity index (χ3v) is 3.58. The summed E-state index contributed by atoms with van der Waals surface area (Å²) < 4.78 is 19.1. The number of anilines is 1. The number of halogens is 1. The minimum Gasteiger partial charge on any atom is -0.376 e. The van der Waals surface area contributed by atoms with Crippen molar-refractivity contribution in [2.45, 2.75) is 32.4 Å². The van der Waals surface area contributed by atoms with Gasteiger partial charge in [-0.2, -0.15) is 0 Å². The average Bonchev–Trinajstić information content (AvgIpc) is 2.90. The van der Waals surface area contributed by atoms with Crippen LogP contribution < -0.4 is 10.2 Å². The summed E-state index contributed by atoms with van der Waals surface area (Å²) in [6, 6.07) is 5.02. The molecule has 1 atom stereocenters. The Balaban J connectivity index is 2.16. The van der Waals surface area contributed by atoms with Crippen molar-refractivity contribution in [2.75, 3.05) is 31.6 Å². The molecule has 0 saturated carbocycles. The molecule has 106 valence electrons. The topological polar surface area (TPSA) is 24.5 Å². The summed E-state index contributed by atoms with van der Waals surface area (Å²) >= 11 is 0. The predicted octanol–water partition coefficient (Wildman–Crippen LogP) is 2.55. The zero-order valence-electron chi connectivity index (χ0n) is 11.8. The zero-order valence-corrected chi connectivity index (χ0v) is 11.8. The van der Waals surface area contributed by atoms with Gasteiger partial charge < -0.3 is 15.0 Å². The molecule has 1 aromatic carbocycles. The van der Waals surface area contributed by atoms with E-state index < -0.39 is 0 Å². The number of hydrogen-bond acceptors (Lipinski definition) is 3. The lowest BCUT2D eigenvalue weighted by atomic mass is 10.1. The monoisotopic (exact) mass is 266 g/mol. The number of likely N-dealkylation sites (N-methyl/N-ethyl adjacent to an activating group) is 1. The van der Waals surface area contributed by atoms with E-state index in [9.17, 15) is 4.39 Å². The van der Waals surface area contributed by atoms with Crippen molar-refractivity contribution in [1.29, 1.82) is 0 Å². The van der Waals surface area contributed by atoms with Crippen molar-refractivity contribution < 1.29 is 9.13 Å². The van der Waals surface area contributed by atoms with E-state index in [-0.39, 0.29) is 5.82 Å². The van der Waals surface area contributed by atoms with Crippen LogP contribution in [0.4, 0.5) is 10.1 Å². The van der Waals surface area contributed by atoms with Crippen molar-refractivity contribution in [3.05, 3.63) is 29.6 Å². The Bertz CT molecular complexity index is 405. The molecule has 1 unspecified atom stereocenters. The summed E-state index contributed by atoms with van der Waals surface area (Å²) in [6.45, 7) is 5.46. The summed E-state index contributed by atoms with van der Waals surface area (Å²) in [5.41, 5.74) is 2.11. The van der Waals surface area contributed by atoms with Gasteiger partial charge in [0.05, 0.1) is 6.10 Å². The first kappa shape index (κ1) is 14.3. The fourth-order valence-electron chi connectivity index (χ4n) is 2.63. The minimum absolute atomic E-state index is 0.179. The number of nitrogens with zero attached hydrogens (tertiary/aromatic N) is 1. The fourth-order valence-corrected chi connectivity index (χ4v) is 2.63. The van der Waals surface area contributed by atoms with Crippen molar-refractivity contribution in [3.63, 3.8) is 0 Å². The van der Waals surface area contributed by atoms with Crippen LogP contribution in [0.3, 0.4) is 0 Å². The summed E-state index contributed by atoms with van der Waals surface area (Å²) in [5, 5.41) is 3.10. The number of hydrogen-bond donors (Lipinski definition) is 1. The highest BCUT2D eigenvalue weighted by atomic mass is 19.1. The smallest absolute Gasteiger partial charge is 0.123 e. The van der Waals surface area contributed by atoms with Crippen molar-refractivity contribution in [1.82, 2.24) is 5.32 Å². The molecule has 0 aliphatic carbocycles. The van der Waals surface area contributed by atoms with Crippen LogP contribution in [0.25, 0.3) is 0 Å². The largest absolute Gasteiger partial charge is 0.376 e. The van der Waals surface area contributed by atoms with Gasteiger partial charge in [-0.15, -0.1) is 0 Å². The van der Waals surface area contributed by atoms with E-state index >= 15 is 0 Å². The van der Waals surface area contributed by atoms with Gasteiger partial charge in [0, 0.05) is 31.9 Å². The average molecular weight is 266 g/mol. The van der Waals surface area contributed by atoms with Crippen LogP contribution in [0.2, 0.25) is 0 Å². The highest BCUT2D eigenvalue weighted by Crippen LogP contribution is 2.24. The molecule has 0 aromatic heterocycles. The van der Waals surface area contributed by atoms with Crippen LogP contribution in [0.1, 0.15) is 25.3 Å². The molecule has 2 rings (SSSR count). The third kappa shape index (κ3) is 3.67. The van der Waals surface area contributed by atoms with E-state index in [1.807, 2.05) is 13.1 Å². The first-order valence-electron chi connectivity index (χ1n) is 7.04. The standard InChI is InChI=1S/C15H23FN2O/c1-3-18(11-14-5-4-8-19-14)15-7-6-13(16)9-12(15)10-17-2/h6-7,9,14,17H,3-5,8,10-11H2,1-2H3. The SMILES string of the molecule is CCN(CC1CCCO1)c1ccc(F)cc1CNC. The number of ether oxygens (including phenoxy) is 1. The Hall–Kier alpha value is -1.13. The third-order valence-electron chi connectivity index (χ3n) is 3.58. The van der Waals surface area contributed by atoms with Gasteiger partial charge in [-0.25, -0.2) is 4.39 Å². The minimum atomic E-state index is -0.179. The summed E-state index contributed by atoms with van der Waals surface area (Å²) in [7, 11) is 1.88. The van der Waals surface area contributed by atoms with Gasteiger partial charge in [-0.1, -0.05) is 0 Å². The van der Waals surface area contributed by atoms with Gasteiger partial charge in [-0.3, -0.25) is 0 Å². The van der Waals surface area contributed by atoms with Crippen LogP contribution >= 0.6 is 0 Å². The number of benzene rings is 1. The van der Waals surface area contributed by atoms with Gasteiger partial charge in [0.2, 0.25) is 0 Å². The highest BCUT2D eigenvalue weighted by molar-refractivity contribution is 5.54. The number of rotatable bonds is 6. The summed E-state index contributed by atoms with van der Waals surface area (Å²) in [4.78, 5) is 2.28. The second-order valence-corrected chi connectivity index (χ2v) is 4.98. The Kier molecular flexibility index (Phi) is 5.16. The zero-order chi connectivity index (χ0) is 13.7. The first-order valence-corrected chi connectivity index (χ1v) is 7.04. The summed E-state index contributed by atoms with van der Waals surface area (Å²) in [5.74, 6) is -0.179. The molecule has 0 spiro atoms. The number of nitrogens with one attached hydrogen (secondary N) is 1. The molecule has 19 heavy (non-hydrogen) atoms. The van der Waals surface area contributed by atoms with Gasteiger partial charge in [0.25, 0.3) is 0 Å². The second-order valence-electron chi connectivity index (χ2n) is 4.98. The molecule has 3 nitrogen and oxygen atoms in total. The van der Waals surface area contributed by atoms with Crippen molar-refractivity contribution in [2.24, 2.45) is 0 Å². The van der Waals surface area contributed by atoms with Crippen LogP contribution in [-0.2, 0) is 11.3 Å². The van der Waals surface area contributed by atoms with E-state index in [0.29, 0.717) is 12.6 Å². The van der Waals surface area contributed by atoms with Crippen molar-refractivity contribution in [3.8, 4) is 0 Å². The Morgan fingerprint density at radius 2 is 2.32 bits per heavy atom. The molecule has 0 amide bonds. The van der Waals surface area contributed by atoms with E-state index in [2.05, 4.69) is 17.1 Å². The van der Waals surface area contributed by atoms with Crippen LogP contribution in [0.5, 0.6) is 0 Å². The van der Waals surface area contributed by atoms with E-state index in [0.717, 1.165) is 43.8 Å². The molecule has 1 aliphatic heterocycles. The molecular weight excluding hydrogens is 243 g/mol. The maximum atomic E-state index is 13.4. The molecule has 1 heterocycles. The van der Waals surface area contributed by atoms with E-state index in [1.165, 1.54) is 6.07 Å². The lowest BCUT2D eigenvalue weighted by Gasteiger charge is -2.28. The lowest BCUT2D eigenvalue weighted by molar-refractivity contribution is 0.115. The molecule has 1 aromatic rings. The van der Waals surface area contributed by atoms with Crippen LogP contribution in [0, 0.1) is 5.82 Å².